The first-order valence-electron chi connectivity index (χ1n) is 5.51. The molecule has 0 aliphatic heterocycles. The molecule has 0 spiro atoms. The fourth-order valence-corrected chi connectivity index (χ4v) is 1.99. The molecule has 6 nitrogen and oxygen atoms in total. The molecule has 0 saturated heterocycles. The number of anilines is 1. The smallest absolute Gasteiger partial charge is 0.311 e. The normalized spacial score (nSPS) is 10.2. The molecule has 1 N–H and O–H groups in total. The number of nitro groups is 1. The average Bonchev–Trinajstić information content (AvgIpc) is 2.39. The number of nitrogens with zero attached hydrogens (tertiary/aromatic N) is 3. The number of nitrogens with one attached hydrogen (secondary N) is 1. The summed E-state index contributed by atoms with van der Waals surface area (Å²) in [6, 6.07) is 3.82. The number of hydrogen-bond acceptors (Lipinski definition) is 5. The second-order valence-corrected chi connectivity index (χ2v) is 4.79. The Bertz CT molecular complexity index is 601. The van der Waals surface area contributed by atoms with E-state index in [-0.39, 0.29) is 5.69 Å². The molecule has 0 aliphatic rings. The molecule has 0 bridgehead atoms. The molecule has 2 rings (SSSR count). The highest BCUT2D eigenvalue weighted by atomic mass is 79.9. The van der Waals surface area contributed by atoms with Crippen LogP contribution >= 0.6 is 15.9 Å². The predicted octanol–water partition coefficient (Wildman–Crippen LogP) is 3.07. The van der Waals surface area contributed by atoms with Crippen LogP contribution < -0.4 is 5.32 Å². The Morgan fingerprint density at radius 3 is 2.79 bits per heavy atom. The Morgan fingerprint density at radius 2 is 2.16 bits per heavy atom. The second kappa shape index (κ2) is 5.75. The molecule has 98 valence electrons. The van der Waals surface area contributed by atoms with Crippen LogP contribution in [-0.2, 0) is 6.54 Å². The van der Waals surface area contributed by atoms with Gasteiger partial charge >= 0.3 is 5.69 Å². The fourth-order valence-electron chi connectivity index (χ4n) is 1.53. The van der Waals surface area contributed by atoms with E-state index in [1.165, 1.54) is 12.4 Å². The van der Waals surface area contributed by atoms with Gasteiger partial charge in [-0.25, -0.2) is 0 Å². The van der Waals surface area contributed by atoms with Crippen molar-refractivity contribution < 1.29 is 4.92 Å². The maximum Gasteiger partial charge on any atom is 0.311 e. The Labute approximate surface area is 118 Å². The minimum absolute atomic E-state index is 0.0607. The van der Waals surface area contributed by atoms with Crippen LogP contribution in [0.4, 0.5) is 11.4 Å². The molecule has 2 aromatic heterocycles. The summed E-state index contributed by atoms with van der Waals surface area (Å²) in [5.74, 6) is 0. The van der Waals surface area contributed by atoms with Gasteiger partial charge in [0.25, 0.3) is 0 Å². The minimum Gasteiger partial charge on any atom is -0.374 e. The Kier molecular flexibility index (Phi) is 4.06. The van der Waals surface area contributed by atoms with Crippen LogP contribution in [0.3, 0.4) is 0 Å². The van der Waals surface area contributed by atoms with Gasteiger partial charge in [0.15, 0.2) is 0 Å². The lowest BCUT2D eigenvalue weighted by Crippen LogP contribution is -2.04. The van der Waals surface area contributed by atoms with Crippen LogP contribution in [-0.4, -0.2) is 14.9 Å². The van der Waals surface area contributed by atoms with Gasteiger partial charge in [-0.05, 0) is 34.5 Å². The molecular formula is C12H11BrN4O2. The lowest BCUT2D eigenvalue weighted by atomic mass is 10.2. The molecule has 0 amide bonds. The van der Waals surface area contributed by atoms with Crippen LogP contribution in [0.15, 0.2) is 35.2 Å². The van der Waals surface area contributed by atoms with Gasteiger partial charge in [0, 0.05) is 24.6 Å². The molecule has 2 heterocycles. The summed E-state index contributed by atoms with van der Waals surface area (Å²) in [7, 11) is 0. The van der Waals surface area contributed by atoms with Gasteiger partial charge in [-0.1, -0.05) is 6.07 Å². The van der Waals surface area contributed by atoms with Crippen molar-refractivity contribution in [3.05, 3.63) is 56.6 Å². The monoisotopic (exact) mass is 322 g/mol. The molecule has 0 atom stereocenters. The van der Waals surface area contributed by atoms with E-state index >= 15 is 0 Å². The van der Waals surface area contributed by atoms with Gasteiger partial charge in [0.2, 0.25) is 0 Å². The minimum atomic E-state index is -0.465. The van der Waals surface area contributed by atoms with Crippen molar-refractivity contribution in [3.63, 3.8) is 0 Å². The Morgan fingerprint density at radius 1 is 1.37 bits per heavy atom. The van der Waals surface area contributed by atoms with E-state index < -0.39 is 4.92 Å². The number of halogens is 1. The molecule has 0 saturated carbocycles. The van der Waals surface area contributed by atoms with Crippen LogP contribution in [0.25, 0.3) is 0 Å². The van der Waals surface area contributed by atoms with Crippen LogP contribution in [0.5, 0.6) is 0 Å². The number of hydrogen-bond donors (Lipinski definition) is 1. The first-order valence-corrected chi connectivity index (χ1v) is 6.30. The largest absolute Gasteiger partial charge is 0.374 e. The van der Waals surface area contributed by atoms with E-state index in [4.69, 9.17) is 0 Å². The maximum atomic E-state index is 10.9. The van der Waals surface area contributed by atoms with Gasteiger partial charge in [-0.2, -0.15) is 0 Å². The number of aromatic nitrogens is 2. The summed E-state index contributed by atoms with van der Waals surface area (Å²) >= 11 is 3.26. The Hall–Kier alpha value is -2.02. The fraction of sp³-hybridized carbons (Fsp3) is 0.167. The van der Waals surface area contributed by atoms with Crippen molar-refractivity contribution in [1.82, 2.24) is 9.97 Å². The number of pyridine rings is 2. The van der Waals surface area contributed by atoms with E-state index in [0.29, 0.717) is 16.7 Å². The summed E-state index contributed by atoms with van der Waals surface area (Å²) < 4.78 is 0.557. The van der Waals surface area contributed by atoms with Crippen LogP contribution in [0, 0.1) is 17.0 Å². The lowest BCUT2D eigenvalue weighted by molar-refractivity contribution is -0.384. The summed E-state index contributed by atoms with van der Waals surface area (Å²) in [6.45, 7) is 2.36. The lowest BCUT2D eigenvalue weighted by Gasteiger charge is -2.08. The molecule has 2 aromatic rings. The first kappa shape index (κ1) is 13.4. The van der Waals surface area contributed by atoms with Crippen molar-refractivity contribution in [2.24, 2.45) is 0 Å². The summed E-state index contributed by atoms with van der Waals surface area (Å²) in [5, 5.41) is 14.0. The zero-order valence-electron chi connectivity index (χ0n) is 10.1. The third kappa shape index (κ3) is 3.25. The zero-order chi connectivity index (χ0) is 13.8. The maximum absolute atomic E-state index is 10.9. The predicted molar refractivity (Wildman–Crippen MR) is 74.9 cm³/mol. The zero-order valence-corrected chi connectivity index (χ0v) is 11.7. The summed E-state index contributed by atoms with van der Waals surface area (Å²) in [4.78, 5) is 18.4. The molecule has 0 unspecified atom stereocenters. The number of rotatable bonds is 4. The molecule has 7 heteroatoms. The van der Waals surface area contributed by atoms with Gasteiger partial charge in [-0.15, -0.1) is 0 Å². The molecule has 0 fully saturated rings. The van der Waals surface area contributed by atoms with Crippen molar-refractivity contribution in [2.45, 2.75) is 13.5 Å². The van der Waals surface area contributed by atoms with Crippen molar-refractivity contribution in [1.29, 1.82) is 0 Å². The van der Waals surface area contributed by atoms with Crippen molar-refractivity contribution in [2.75, 3.05) is 5.32 Å². The highest BCUT2D eigenvalue weighted by molar-refractivity contribution is 9.10. The van der Waals surface area contributed by atoms with E-state index in [9.17, 15) is 10.1 Å². The molecule has 0 radical (unpaired) electrons. The van der Waals surface area contributed by atoms with E-state index in [1.54, 1.807) is 6.20 Å². The summed E-state index contributed by atoms with van der Waals surface area (Å²) in [5.41, 5.74) is 2.23. The van der Waals surface area contributed by atoms with Crippen molar-refractivity contribution >= 4 is 27.3 Å². The SMILES string of the molecule is Cc1ccc(CNc2c(Br)cncc2[N+](=O)[O-])cn1. The second-order valence-electron chi connectivity index (χ2n) is 3.93. The standard InChI is InChI=1S/C12H11BrN4O2/c1-8-2-3-9(4-15-8)5-16-12-10(13)6-14-7-11(12)17(18)19/h2-4,6-7H,5H2,1H3,(H,14,16). The third-order valence-electron chi connectivity index (χ3n) is 2.52. The molecule has 19 heavy (non-hydrogen) atoms. The van der Waals surface area contributed by atoms with E-state index in [0.717, 1.165) is 11.3 Å². The number of aryl methyl sites for hydroxylation is 1. The Balaban J connectivity index is 2.19. The highest BCUT2D eigenvalue weighted by Gasteiger charge is 2.16. The van der Waals surface area contributed by atoms with E-state index in [2.05, 4.69) is 31.2 Å². The quantitative estimate of drug-likeness (QED) is 0.691. The average molecular weight is 323 g/mol. The van der Waals surface area contributed by atoms with Gasteiger partial charge in [0.05, 0.1) is 9.40 Å². The van der Waals surface area contributed by atoms with E-state index in [1.807, 2.05) is 19.1 Å². The third-order valence-corrected chi connectivity index (χ3v) is 3.12. The first-order chi connectivity index (χ1) is 9.08. The van der Waals surface area contributed by atoms with Gasteiger partial charge < -0.3 is 5.32 Å². The molecule has 0 aliphatic carbocycles. The molecular weight excluding hydrogens is 312 g/mol. The molecule has 0 aromatic carbocycles. The van der Waals surface area contributed by atoms with Crippen molar-refractivity contribution in [3.8, 4) is 0 Å². The highest BCUT2D eigenvalue weighted by Crippen LogP contribution is 2.31. The van der Waals surface area contributed by atoms with Crippen LogP contribution in [0.2, 0.25) is 0 Å². The summed E-state index contributed by atoms with van der Waals surface area (Å²) in [6.07, 6.45) is 4.48. The van der Waals surface area contributed by atoms with Gasteiger partial charge in [0.1, 0.15) is 11.9 Å². The topological polar surface area (TPSA) is 81.0 Å². The van der Waals surface area contributed by atoms with Gasteiger partial charge in [-0.3, -0.25) is 20.1 Å². The van der Waals surface area contributed by atoms with Crippen LogP contribution in [0.1, 0.15) is 11.3 Å².